The number of halogens is 3. The number of anilines is 2. The van der Waals surface area contributed by atoms with Crippen molar-refractivity contribution in [3.8, 4) is 5.75 Å². The third-order valence-corrected chi connectivity index (χ3v) is 6.08. The Bertz CT molecular complexity index is 1530. The molecule has 2 aliphatic heterocycles. The summed E-state index contributed by atoms with van der Waals surface area (Å²) in [6.07, 6.45) is -2.94. The summed E-state index contributed by atoms with van der Waals surface area (Å²) in [6.45, 7) is 3.08. The number of aliphatic carboxylic acids is 1. The fourth-order valence-corrected chi connectivity index (χ4v) is 4.24. The van der Waals surface area contributed by atoms with Gasteiger partial charge in [0.05, 0.1) is 35.6 Å². The van der Waals surface area contributed by atoms with Crippen molar-refractivity contribution in [2.24, 2.45) is 5.73 Å². The monoisotopic (exact) mass is 560 g/mol. The van der Waals surface area contributed by atoms with Gasteiger partial charge in [0.15, 0.2) is 0 Å². The van der Waals surface area contributed by atoms with Gasteiger partial charge in [-0.25, -0.2) is 9.78 Å². The zero-order valence-electron chi connectivity index (χ0n) is 21.0. The van der Waals surface area contributed by atoms with E-state index in [2.05, 4.69) is 20.6 Å². The third-order valence-electron chi connectivity index (χ3n) is 6.08. The molecule has 2 aromatic heterocycles. The fourth-order valence-electron chi connectivity index (χ4n) is 4.24. The molecule has 1 aromatic carbocycles. The Morgan fingerprint density at radius 3 is 2.62 bits per heavy atom. The highest BCUT2D eigenvalue weighted by molar-refractivity contribution is 6.09. The molecule has 5 N–H and O–H groups in total. The van der Waals surface area contributed by atoms with Crippen LogP contribution in [0.2, 0.25) is 0 Å². The molecule has 5 rings (SSSR count). The highest BCUT2D eigenvalue weighted by Crippen LogP contribution is 2.36. The number of aryl methyl sites for hydroxylation is 1. The van der Waals surface area contributed by atoms with Gasteiger partial charge in [0.2, 0.25) is 5.91 Å². The number of piperazine rings is 1. The fraction of sp³-hybridized carbons (Fsp3) is 0.280. The van der Waals surface area contributed by atoms with Crippen molar-refractivity contribution in [2.75, 3.05) is 31.6 Å². The molecular formula is C25H23F3N6O6. The van der Waals surface area contributed by atoms with Gasteiger partial charge >= 0.3 is 12.1 Å². The number of aromatic nitrogens is 2. The predicted octanol–water partition coefficient (Wildman–Crippen LogP) is 1.92. The van der Waals surface area contributed by atoms with E-state index < -0.39 is 18.1 Å². The lowest BCUT2D eigenvalue weighted by molar-refractivity contribution is -0.192. The van der Waals surface area contributed by atoms with Gasteiger partial charge in [0.25, 0.3) is 11.8 Å². The Kier molecular flexibility index (Phi) is 7.74. The van der Waals surface area contributed by atoms with Gasteiger partial charge < -0.3 is 31.1 Å². The van der Waals surface area contributed by atoms with E-state index in [0.717, 1.165) is 23.4 Å². The molecule has 0 unspecified atom stereocenters. The molecule has 0 saturated carbocycles. The van der Waals surface area contributed by atoms with E-state index in [9.17, 15) is 27.6 Å². The standard InChI is InChI=1S/C23H22N6O4.C2HF3O2/c1-12-20-14(9-17(27-12)23(32)29-7-6-25-19(30)11-29)21(15(10-26-20)22(24)31)28-16-3-2-4-18-13(16)5-8-33-18;3-2(4,5)1(6)7/h2-4,9-10H,5-8,11H2,1H3,(H2,24,31)(H,25,30)(H,26,28);(H,6,7). The molecule has 210 valence electrons. The van der Waals surface area contributed by atoms with E-state index in [0.29, 0.717) is 42.0 Å². The SMILES string of the molecule is Cc1nc(C(=O)N2CCNC(=O)C2)cc2c(Nc3cccc4c3CCO4)c(C(N)=O)cnc12.O=C(O)C(F)(F)F. The number of primary amides is 1. The minimum Gasteiger partial charge on any atom is -0.493 e. The average Bonchev–Trinajstić information content (AvgIpc) is 3.38. The van der Waals surface area contributed by atoms with Crippen LogP contribution < -0.4 is 21.1 Å². The molecule has 15 heteroatoms. The summed E-state index contributed by atoms with van der Waals surface area (Å²) in [5.41, 5.74) is 9.33. The van der Waals surface area contributed by atoms with Crippen molar-refractivity contribution >= 4 is 46.0 Å². The quantitative estimate of drug-likeness (QED) is 0.371. The van der Waals surface area contributed by atoms with Crippen molar-refractivity contribution in [1.82, 2.24) is 20.2 Å². The number of carboxylic acid groups (broad SMARTS) is 1. The Morgan fingerprint density at radius 2 is 1.98 bits per heavy atom. The maximum absolute atomic E-state index is 13.1. The largest absolute Gasteiger partial charge is 0.493 e. The van der Waals surface area contributed by atoms with E-state index in [1.165, 1.54) is 11.1 Å². The molecular weight excluding hydrogens is 537 g/mol. The van der Waals surface area contributed by atoms with Crippen molar-refractivity contribution in [3.63, 3.8) is 0 Å². The average molecular weight is 560 g/mol. The number of nitrogens with two attached hydrogens (primary N) is 1. The predicted molar refractivity (Wildman–Crippen MR) is 134 cm³/mol. The van der Waals surface area contributed by atoms with Crippen LogP contribution in [0.15, 0.2) is 30.5 Å². The normalized spacial score (nSPS) is 14.4. The summed E-state index contributed by atoms with van der Waals surface area (Å²) < 4.78 is 37.4. The molecule has 0 bridgehead atoms. The first-order chi connectivity index (χ1) is 18.9. The number of carbonyl (C=O) groups is 4. The van der Waals surface area contributed by atoms with Crippen LogP contribution in [0, 0.1) is 6.92 Å². The number of hydrogen-bond donors (Lipinski definition) is 4. The van der Waals surface area contributed by atoms with E-state index in [1.54, 1.807) is 13.0 Å². The molecule has 12 nitrogen and oxygen atoms in total. The van der Waals surface area contributed by atoms with Crippen molar-refractivity contribution in [1.29, 1.82) is 0 Å². The molecule has 0 spiro atoms. The number of amides is 3. The molecule has 0 aliphatic carbocycles. The Labute approximate surface area is 224 Å². The number of nitrogens with one attached hydrogen (secondary N) is 2. The van der Waals surface area contributed by atoms with Crippen molar-refractivity contribution < 1.29 is 42.2 Å². The van der Waals surface area contributed by atoms with E-state index in [4.69, 9.17) is 20.4 Å². The Hall–Kier alpha value is -4.95. The summed E-state index contributed by atoms with van der Waals surface area (Å²) in [5, 5.41) is 13.7. The number of fused-ring (bicyclic) bond motifs is 2. The van der Waals surface area contributed by atoms with Crippen molar-refractivity contribution in [2.45, 2.75) is 19.5 Å². The molecule has 3 aromatic rings. The number of carbonyl (C=O) groups excluding carboxylic acids is 3. The van der Waals surface area contributed by atoms with E-state index in [-0.39, 0.29) is 29.6 Å². The van der Waals surface area contributed by atoms with Gasteiger partial charge in [0.1, 0.15) is 11.4 Å². The number of rotatable bonds is 4. The minimum absolute atomic E-state index is 0.0293. The van der Waals surface area contributed by atoms with Gasteiger partial charge in [0, 0.05) is 42.3 Å². The molecule has 1 fully saturated rings. The lowest BCUT2D eigenvalue weighted by Crippen LogP contribution is -2.50. The van der Waals surface area contributed by atoms with Crippen LogP contribution in [-0.2, 0) is 16.0 Å². The first-order valence-corrected chi connectivity index (χ1v) is 11.8. The maximum atomic E-state index is 13.1. The Balaban J connectivity index is 0.000000470. The summed E-state index contributed by atoms with van der Waals surface area (Å²) in [4.78, 5) is 56.3. The van der Waals surface area contributed by atoms with E-state index in [1.807, 2.05) is 18.2 Å². The second-order valence-electron chi connectivity index (χ2n) is 8.79. The zero-order chi connectivity index (χ0) is 29.2. The number of carboxylic acids is 1. The van der Waals surface area contributed by atoms with Crippen LogP contribution in [0.25, 0.3) is 10.9 Å². The molecule has 0 radical (unpaired) electrons. The molecule has 2 aliphatic rings. The van der Waals surface area contributed by atoms with Crippen LogP contribution in [0.1, 0.15) is 32.1 Å². The van der Waals surface area contributed by atoms with Crippen molar-refractivity contribution in [3.05, 3.63) is 53.0 Å². The minimum atomic E-state index is -5.08. The van der Waals surface area contributed by atoms with Crippen LogP contribution in [0.4, 0.5) is 24.5 Å². The third kappa shape index (κ3) is 5.87. The molecule has 1 saturated heterocycles. The lowest BCUT2D eigenvalue weighted by atomic mass is 10.0. The molecule has 3 amide bonds. The summed E-state index contributed by atoms with van der Waals surface area (Å²) in [5.74, 6) is -3.19. The highest BCUT2D eigenvalue weighted by atomic mass is 19.4. The van der Waals surface area contributed by atoms with Gasteiger partial charge in [-0.05, 0) is 25.1 Å². The number of nitrogens with zero attached hydrogens (tertiary/aromatic N) is 3. The van der Waals surface area contributed by atoms with Gasteiger partial charge in [-0.1, -0.05) is 6.07 Å². The van der Waals surface area contributed by atoms with Crippen LogP contribution >= 0.6 is 0 Å². The van der Waals surface area contributed by atoms with Gasteiger partial charge in [-0.3, -0.25) is 19.4 Å². The van der Waals surface area contributed by atoms with Gasteiger partial charge in [-0.2, -0.15) is 13.2 Å². The number of benzene rings is 1. The molecule has 0 atom stereocenters. The first-order valence-electron chi connectivity index (χ1n) is 11.8. The van der Waals surface area contributed by atoms with Crippen LogP contribution in [0.3, 0.4) is 0 Å². The number of pyridine rings is 2. The van der Waals surface area contributed by atoms with Gasteiger partial charge in [-0.15, -0.1) is 0 Å². The van der Waals surface area contributed by atoms with Crippen LogP contribution in [0.5, 0.6) is 5.75 Å². The number of alkyl halides is 3. The summed E-state index contributed by atoms with van der Waals surface area (Å²) >= 11 is 0. The summed E-state index contributed by atoms with van der Waals surface area (Å²) in [7, 11) is 0. The highest BCUT2D eigenvalue weighted by Gasteiger charge is 2.38. The second kappa shape index (κ2) is 11.0. The smallest absolute Gasteiger partial charge is 0.490 e. The second-order valence-corrected chi connectivity index (χ2v) is 8.79. The summed E-state index contributed by atoms with van der Waals surface area (Å²) in [6, 6.07) is 7.26. The first kappa shape index (κ1) is 28.1. The van der Waals surface area contributed by atoms with Crippen LogP contribution in [-0.4, -0.2) is 76.1 Å². The van der Waals surface area contributed by atoms with E-state index >= 15 is 0 Å². The lowest BCUT2D eigenvalue weighted by Gasteiger charge is -2.26. The topological polar surface area (TPSA) is 177 Å². The number of ether oxygens (including phenoxy) is 1. The molecule has 40 heavy (non-hydrogen) atoms. The Morgan fingerprint density at radius 1 is 1.25 bits per heavy atom. The maximum Gasteiger partial charge on any atom is 0.490 e. The number of hydrogen-bond acceptors (Lipinski definition) is 8. The zero-order valence-corrected chi connectivity index (χ0v) is 21.0. The molecule has 4 heterocycles.